The lowest BCUT2D eigenvalue weighted by Gasteiger charge is -2.03. The number of hydrogen-bond acceptors (Lipinski definition) is 3. The third kappa shape index (κ3) is 15.4. The summed E-state index contributed by atoms with van der Waals surface area (Å²) in [4.78, 5) is 14.8. The lowest BCUT2D eigenvalue weighted by molar-refractivity contribution is 0.111. The Morgan fingerprint density at radius 2 is 1.85 bits per heavy atom. The Morgan fingerprint density at radius 3 is 2.39 bits per heavy atom. The Balaban J connectivity index is 0. The van der Waals surface area contributed by atoms with Gasteiger partial charge in [-0.15, -0.1) is 0 Å². The van der Waals surface area contributed by atoms with Crippen molar-refractivity contribution in [3.8, 4) is 0 Å². The first-order valence-corrected chi connectivity index (χ1v) is 11.3. The van der Waals surface area contributed by atoms with Crippen molar-refractivity contribution in [3.63, 3.8) is 0 Å². The number of aldehydes is 1. The van der Waals surface area contributed by atoms with E-state index in [0.717, 1.165) is 13.0 Å². The van der Waals surface area contributed by atoms with Gasteiger partial charge in [-0.05, 0) is 65.4 Å². The topological polar surface area (TPSA) is 41.5 Å². The third-order valence-electron chi connectivity index (χ3n) is 4.22. The summed E-state index contributed by atoms with van der Waals surface area (Å²) >= 11 is 0. The van der Waals surface area contributed by atoms with Crippen LogP contribution in [0, 0.1) is 5.82 Å². The van der Waals surface area contributed by atoms with Crippen molar-refractivity contribution in [2.45, 2.75) is 48.0 Å². The van der Waals surface area contributed by atoms with E-state index in [0.29, 0.717) is 17.6 Å². The van der Waals surface area contributed by atoms with Gasteiger partial charge < -0.3 is 5.32 Å². The van der Waals surface area contributed by atoms with Crippen molar-refractivity contribution < 1.29 is 9.18 Å². The van der Waals surface area contributed by atoms with Crippen molar-refractivity contribution >= 4 is 12.0 Å². The van der Waals surface area contributed by atoms with Crippen LogP contribution in [0.15, 0.2) is 95.7 Å². The summed E-state index contributed by atoms with van der Waals surface area (Å²) in [5.41, 5.74) is 3.77. The summed E-state index contributed by atoms with van der Waals surface area (Å²) in [7, 11) is 1.98. The Labute approximate surface area is 200 Å². The fraction of sp³-hybridized carbons (Fsp3) is 0.310. The number of nitrogens with zero attached hydrogens (tertiary/aromatic N) is 1. The molecule has 0 aromatic heterocycles. The summed E-state index contributed by atoms with van der Waals surface area (Å²) in [5.74, 6) is -0.533. The van der Waals surface area contributed by atoms with Gasteiger partial charge in [0.25, 0.3) is 0 Å². The highest BCUT2D eigenvalue weighted by atomic mass is 19.1. The molecule has 0 aliphatic heterocycles. The minimum atomic E-state index is -0.533. The third-order valence-corrected chi connectivity index (χ3v) is 4.22. The highest BCUT2D eigenvalue weighted by molar-refractivity contribution is 6.05. The maximum atomic E-state index is 13.3. The predicted octanol–water partition coefficient (Wildman–Crippen LogP) is 7.79. The monoisotopic (exact) mass is 452 g/mol. The summed E-state index contributed by atoms with van der Waals surface area (Å²) in [5, 5.41) is 3.16. The van der Waals surface area contributed by atoms with E-state index < -0.39 is 5.82 Å². The lowest BCUT2D eigenvalue weighted by Crippen LogP contribution is -2.07. The normalized spacial score (nSPS) is 12.4. The zero-order valence-corrected chi connectivity index (χ0v) is 21.4. The van der Waals surface area contributed by atoms with Crippen molar-refractivity contribution in [2.24, 2.45) is 4.99 Å². The maximum absolute atomic E-state index is 13.3. The molecule has 1 aromatic rings. The van der Waals surface area contributed by atoms with E-state index in [-0.39, 0.29) is 5.56 Å². The van der Waals surface area contributed by atoms with Crippen LogP contribution in [0.25, 0.3) is 0 Å². The van der Waals surface area contributed by atoms with Crippen molar-refractivity contribution in [2.75, 3.05) is 13.6 Å². The van der Waals surface area contributed by atoms with Crippen molar-refractivity contribution in [1.29, 1.82) is 0 Å². The second-order valence-corrected chi connectivity index (χ2v) is 6.60. The Bertz CT molecular complexity index is 872. The molecule has 0 fully saturated rings. The molecular weight excluding hydrogens is 411 g/mol. The minimum Gasteiger partial charge on any atom is -0.319 e. The molecule has 0 atom stereocenters. The molecule has 0 saturated carbocycles. The average Bonchev–Trinajstić information content (AvgIpc) is 2.83. The van der Waals surface area contributed by atoms with Gasteiger partial charge in [-0.1, -0.05) is 80.7 Å². The van der Waals surface area contributed by atoms with Crippen molar-refractivity contribution in [1.82, 2.24) is 5.32 Å². The molecule has 0 aliphatic carbocycles. The van der Waals surface area contributed by atoms with Gasteiger partial charge in [-0.2, -0.15) is 0 Å². The second kappa shape index (κ2) is 22.1. The molecule has 0 aliphatic rings. The number of benzene rings is 1. The largest absolute Gasteiger partial charge is 0.319 e. The summed E-state index contributed by atoms with van der Waals surface area (Å²) < 4.78 is 13.3. The Morgan fingerprint density at radius 1 is 1.15 bits per heavy atom. The Hall–Kier alpha value is -3.11. The van der Waals surface area contributed by atoms with Crippen LogP contribution < -0.4 is 5.32 Å². The van der Waals surface area contributed by atoms with Crippen LogP contribution in [-0.4, -0.2) is 25.6 Å². The maximum Gasteiger partial charge on any atom is 0.153 e. The first kappa shape index (κ1) is 32.1. The highest BCUT2D eigenvalue weighted by Gasteiger charge is 2.08. The Kier molecular flexibility index (Phi) is 21.5. The van der Waals surface area contributed by atoms with Crippen molar-refractivity contribution in [3.05, 3.63) is 108 Å². The van der Waals surface area contributed by atoms with Crippen LogP contribution in [0.4, 0.5) is 4.39 Å². The number of rotatable bonds is 10. The van der Waals surface area contributed by atoms with Crippen LogP contribution in [0.2, 0.25) is 0 Å². The summed E-state index contributed by atoms with van der Waals surface area (Å²) in [6.45, 7) is 16.5. The van der Waals surface area contributed by atoms with E-state index >= 15 is 0 Å². The number of carbonyl (C=O) groups excluding carboxylic acids is 1. The van der Waals surface area contributed by atoms with E-state index in [2.05, 4.69) is 67.2 Å². The molecule has 1 rings (SSSR count). The molecule has 4 heteroatoms. The molecule has 0 bridgehead atoms. The number of aliphatic imine (C=N–C) groups is 1. The first-order valence-electron chi connectivity index (χ1n) is 11.3. The molecule has 0 unspecified atom stereocenters. The van der Waals surface area contributed by atoms with E-state index in [1.165, 1.54) is 17.2 Å². The molecule has 0 amide bonds. The molecule has 0 heterocycles. The van der Waals surface area contributed by atoms with E-state index in [1.807, 2.05) is 27.8 Å². The molecule has 33 heavy (non-hydrogen) atoms. The van der Waals surface area contributed by atoms with E-state index in [1.54, 1.807) is 37.4 Å². The first-order chi connectivity index (χ1) is 15.9. The molecule has 0 spiro atoms. The lowest BCUT2D eigenvalue weighted by atomic mass is 10.0. The van der Waals surface area contributed by atoms with Gasteiger partial charge in [0.2, 0.25) is 0 Å². The predicted molar refractivity (Wildman–Crippen MR) is 145 cm³/mol. The molecular formula is C29H41FN2O. The van der Waals surface area contributed by atoms with Gasteiger partial charge in [0, 0.05) is 17.5 Å². The fourth-order valence-corrected chi connectivity index (χ4v) is 2.38. The van der Waals surface area contributed by atoms with Gasteiger partial charge in [0.1, 0.15) is 5.82 Å². The number of nitrogens with one attached hydrogen (secondary N) is 1. The molecule has 180 valence electrons. The fourth-order valence-electron chi connectivity index (χ4n) is 2.38. The smallest absolute Gasteiger partial charge is 0.153 e. The van der Waals surface area contributed by atoms with E-state index in [4.69, 9.17) is 0 Å². The van der Waals surface area contributed by atoms with Gasteiger partial charge in [-0.25, -0.2) is 4.39 Å². The quantitative estimate of drug-likeness (QED) is 0.223. The zero-order valence-electron chi connectivity index (χ0n) is 21.4. The minimum absolute atomic E-state index is 0.0377. The molecule has 0 radical (unpaired) electrons. The van der Waals surface area contributed by atoms with Crippen LogP contribution in [0.1, 0.15) is 63.9 Å². The summed E-state index contributed by atoms with van der Waals surface area (Å²) in [6, 6.07) is 4.46. The van der Waals surface area contributed by atoms with E-state index in [9.17, 15) is 9.18 Å². The average molecular weight is 453 g/mol. The molecule has 1 aromatic carbocycles. The molecule has 0 saturated heterocycles. The standard InChI is InChI=1S/C14H23N.C13H12FNO.C2H6/c1-5-8-14(11-12-15-4)10-7-9-13(3)6-2;1-3-4-8-15-10(2)11-6-5-7-13(14)12(11)9-16;1-2/h5-10,15H,11-12H2,1-4H3;3-9H,1H2,2H3;1-2H3/b8-5-,9-7-,13-6-,14-10+;8-4-,15-10?;. The zero-order chi connectivity index (χ0) is 25.5. The van der Waals surface area contributed by atoms with Gasteiger partial charge in [-0.3, -0.25) is 9.79 Å². The molecule has 3 nitrogen and oxygen atoms in total. The van der Waals surface area contributed by atoms with Crippen LogP contribution in [-0.2, 0) is 0 Å². The SMILES string of the molecule is C=C/C=C\N=C(C)c1cccc(F)c1C=O.CC.C\C=C/C(=C\C=C/C(C)=C\C)CCNC. The number of hydrogen-bond donors (Lipinski definition) is 1. The summed E-state index contributed by atoms with van der Waals surface area (Å²) in [6.07, 6.45) is 19.1. The van der Waals surface area contributed by atoms with Crippen LogP contribution in [0.5, 0.6) is 0 Å². The molecule has 1 N–H and O–H groups in total. The van der Waals surface area contributed by atoms with Gasteiger partial charge in [0.15, 0.2) is 6.29 Å². The number of allylic oxidation sites excluding steroid dienone is 9. The number of carbonyl (C=O) groups is 1. The number of halogens is 1. The van der Waals surface area contributed by atoms with Gasteiger partial charge in [0.05, 0.1) is 5.56 Å². The van der Waals surface area contributed by atoms with Crippen LogP contribution in [0.3, 0.4) is 0 Å². The second-order valence-electron chi connectivity index (χ2n) is 6.60. The van der Waals surface area contributed by atoms with Gasteiger partial charge >= 0.3 is 0 Å². The van der Waals surface area contributed by atoms with Crippen LogP contribution >= 0.6 is 0 Å². The highest BCUT2D eigenvalue weighted by Crippen LogP contribution is 2.12.